The normalized spacial score (nSPS) is 17.4. The number of aromatic nitrogens is 3. The Labute approximate surface area is 194 Å². The van der Waals surface area contributed by atoms with E-state index < -0.39 is 17.9 Å². The van der Waals surface area contributed by atoms with Crippen LogP contribution in [0.25, 0.3) is 5.65 Å². The fraction of sp³-hybridized carbons (Fsp3) is 0.304. The highest BCUT2D eigenvalue weighted by atomic mass is 16.5. The van der Waals surface area contributed by atoms with Crippen molar-refractivity contribution in [3.05, 3.63) is 59.0 Å². The highest BCUT2D eigenvalue weighted by Gasteiger charge is 2.31. The molecule has 174 valence electrons. The van der Waals surface area contributed by atoms with Gasteiger partial charge in [-0.15, -0.1) is 0 Å². The number of likely N-dealkylation sites (N-methyl/N-ethyl adjacent to an activating group) is 1. The zero-order chi connectivity index (χ0) is 23.8. The molecule has 34 heavy (non-hydrogen) atoms. The lowest BCUT2D eigenvalue weighted by Crippen LogP contribution is -2.41. The third-order valence-electron chi connectivity index (χ3n) is 5.91. The topological polar surface area (TPSA) is 135 Å². The second kappa shape index (κ2) is 8.58. The van der Waals surface area contributed by atoms with Gasteiger partial charge in [0.2, 0.25) is 5.91 Å². The molecule has 0 aliphatic carbocycles. The maximum atomic E-state index is 12.9. The Balaban J connectivity index is 1.33. The number of nitrogens with zero attached hydrogens (tertiary/aromatic N) is 4. The summed E-state index contributed by atoms with van der Waals surface area (Å²) in [6, 6.07) is 7.75. The fourth-order valence-electron chi connectivity index (χ4n) is 4.10. The van der Waals surface area contributed by atoms with Crippen LogP contribution in [0.4, 0.5) is 0 Å². The lowest BCUT2D eigenvalue weighted by molar-refractivity contribution is -0.128. The largest absolute Gasteiger partial charge is 0.486 e. The lowest BCUT2D eigenvalue weighted by atomic mass is 10.0. The van der Waals surface area contributed by atoms with E-state index >= 15 is 0 Å². The van der Waals surface area contributed by atoms with Crippen molar-refractivity contribution in [3.8, 4) is 5.75 Å². The van der Waals surface area contributed by atoms with Gasteiger partial charge in [-0.25, -0.2) is 9.50 Å². The molecule has 1 fully saturated rings. The van der Waals surface area contributed by atoms with E-state index in [1.54, 1.807) is 24.1 Å². The third kappa shape index (κ3) is 4.07. The number of Topliss-reactive ketones (excluding diaryl/α,β-unsaturated/α-hetero) is 1. The van der Waals surface area contributed by atoms with Crippen LogP contribution in [-0.2, 0) is 22.6 Å². The van der Waals surface area contributed by atoms with E-state index in [1.807, 2.05) is 12.1 Å². The molecule has 11 nitrogen and oxygen atoms in total. The van der Waals surface area contributed by atoms with Gasteiger partial charge in [0.25, 0.3) is 11.8 Å². The van der Waals surface area contributed by atoms with Gasteiger partial charge in [0.15, 0.2) is 11.4 Å². The zero-order valence-electron chi connectivity index (χ0n) is 18.4. The number of carbonyl (C=O) groups excluding carboxylic acids is 4. The van der Waals surface area contributed by atoms with Crippen molar-refractivity contribution >= 4 is 29.2 Å². The summed E-state index contributed by atoms with van der Waals surface area (Å²) in [7, 11) is 1.68. The standard InChI is InChI=1S/C23H22N6O5/c1-28-7-5-16(23(28)33)27-22(32)18-10-17(26-20-4-6-25-29(18)20)21(31)24-11-13-2-3-19-14(8-13)9-15(30)12-34-19/h2-4,6,8,10,16H,5,7,9,11-12H2,1H3,(H,24,31)(H,27,32)/t16-/m0/s1. The van der Waals surface area contributed by atoms with E-state index in [2.05, 4.69) is 20.7 Å². The Bertz CT molecular complexity index is 1330. The first kappa shape index (κ1) is 21.6. The van der Waals surface area contributed by atoms with Crippen molar-refractivity contribution in [1.29, 1.82) is 0 Å². The molecule has 2 aromatic heterocycles. The van der Waals surface area contributed by atoms with Crippen LogP contribution in [0.2, 0.25) is 0 Å². The summed E-state index contributed by atoms with van der Waals surface area (Å²) in [6.45, 7) is 0.845. The molecule has 0 saturated carbocycles. The van der Waals surface area contributed by atoms with Gasteiger partial charge >= 0.3 is 0 Å². The summed E-state index contributed by atoms with van der Waals surface area (Å²) in [4.78, 5) is 55.5. The van der Waals surface area contributed by atoms with Crippen LogP contribution in [0.3, 0.4) is 0 Å². The third-order valence-corrected chi connectivity index (χ3v) is 5.91. The van der Waals surface area contributed by atoms with Crippen LogP contribution >= 0.6 is 0 Å². The van der Waals surface area contributed by atoms with Crippen LogP contribution in [0.5, 0.6) is 5.75 Å². The maximum Gasteiger partial charge on any atom is 0.270 e. The number of hydrogen-bond acceptors (Lipinski definition) is 7. The summed E-state index contributed by atoms with van der Waals surface area (Å²) < 4.78 is 6.73. The predicted octanol–water partition coefficient (Wildman–Crippen LogP) is 0.124. The smallest absolute Gasteiger partial charge is 0.270 e. The average molecular weight is 462 g/mol. The molecular weight excluding hydrogens is 440 g/mol. The maximum absolute atomic E-state index is 12.9. The minimum Gasteiger partial charge on any atom is -0.486 e. The molecule has 1 saturated heterocycles. The van der Waals surface area contributed by atoms with Crippen molar-refractivity contribution in [1.82, 2.24) is 30.1 Å². The first-order valence-corrected chi connectivity index (χ1v) is 10.8. The van der Waals surface area contributed by atoms with Gasteiger partial charge in [0, 0.05) is 44.3 Å². The van der Waals surface area contributed by atoms with Crippen LogP contribution in [0.1, 0.15) is 38.5 Å². The number of likely N-dealkylation sites (tertiary alicyclic amines) is 1. The summed E-state index contributed by atoms with van der Waals surface area (Å²) in [5, 5.41) is 9.63. The molecule has 4 heterocycles. The van der Waals surface area contributed by atoms with Gasteiger partial charge < -0.3 is 20.3 Å². The van der Waals surface area contributed by atoms with E-state index in [1.165, 1.54) is 16.8 Å². The van der Waals surface area contributed by atoms with Gasteiger partial charge in [-0.05, 0) is 24.1 Å². The Morgan fingerprint density at radius 2 is 2.03 bits per heavy atom. The molecule has 0 bridgehead atoms. The fourth-order valence-corrected chi connectivity index (χ4v) is 4.10. The molecule has 0 spiro atoms. The number of rotatable bonds is 5. The molecule has 2 aliphatic rings. The molecule has 3 aromatic rings. The van der Waals surface area contributed by atoms with Crippen molar-refractivity contribution in [2.24, 2.45) is 0 Å². The minimum atomic E-state index is -0.617. The predicted molar refractivity (Wildman–Crippen MR) is 118 cm³/mol. The average Bonchev–Trinajstić information content (AvgIpc) is 3.43. The number of nitrogens with one attached hydrogen (secondary N) is 2. The summed E-state index contributed by atoms with van der Waals surface area (Å²) in [6.07, 6.45) is 2.29. The van der Waals surface area contributed by atoms with Gasteiger partial charge in [0.05, 0.1) is 6.20 Å². The number of hydrogen-bond donors (Lipinski definition) is 2. The molecule has 5 rings (SSSR count). The molecular formula is C23H22N6O5. The molecule has 11 heteroatoms. The molecule has 0 unspecified atom stereocenters. The first-order valence-electron chi connectivity index (χ1n) is 10.8. The second-order valence-corrected chi connectivity index (χ2v) is 8.33. The highest BCUT2D eigenvalue weighted by Crippen LogP contribution is 2.24. The number of benzene rings is 1. The molecule has 1 aromatic carbocycles. The monoisotopic (exact) mass is 462 g/mol. The minimum absolute atomic E-state index is 0.00347. The highest BCUT2D eigenvalue weighted by molar-refractivity contribution is 6.00. The Morgan fingerprint density at radius 3 is 2.82 bits per heavy atom. The number of carbonyl (C=O) groups is 4. The number of ether oxygens (including phenoxy) is 1. The summed E-state index contributed by atoms with van der Waals surface area (Å²) >= 11 is 0. The van der Waals surface area contributed by atoms with Crippen molar-refractivity contribution in [2.75, 3.05) is 20.2 Å². The lowest BCUT2D eigenvalue weighted by Gasteiger charge is -2.17. The Kier molecular flexibility index (Phi) is 5.44. The summed E-state index contributed by atoms with van der Waals surface area (Å²) in [5.74, 6) is -0.472. The first-order chi connectivity index (χ1) is 16.4. The molecule has 3 amide bonds. The number of amides is 3. The van der Waals surface area contributed by atoms with Crippen molar-refractivity contribution in [3.63, 3.8) is 0 Å². The Morgan fingerprint density at radius 1 is 1.18 bits per heavy atom. The van der Waals surface area contributed by atoms with E-state index in [-0.39, 0.29) is 36.2 Å². The van der Waals surface area contributed by atoms with Gasteiger partial charge in [-0.2, -0.15) is 5.10 Å². The zero-order valence-corrected chi connectivity index (χ0v) is 18.4. The quantitative estimate of drug-likeness (QED) is 0.550. The van der Waals surface area contributed by atoms with Gasteiger partial charge in [0.1, 0.15) is 29.8 Å². The van der Waals surface area contributed by atoms with Crippen LogP contribution in [0, 0.1) is 0 Å². The second-order valence-electron chi connectivity index (χ2n) is 8.33. The summed E-state index contributed by atoms with van der Waals surface area (Å²) in [5.41, 5.74) is 2.07. The number of fused-ring (bicyclic) bond motifs is 2. The van der Waals surface area contributed by atoms with Crippen LogP contribution in [-0.4, -0.2) is 69.2 Å². The molecule has 2 aliphatic heterocycles. The van der Waals surface area contributed by atoms with E-state index in [0.29, 0.717) is 30.8 Å². The van der Waals surface area contributed by atoms with Crippen molar-refractivity contribution < 1.29 is 23.9 Å². The Hall–Kier alpha value is -4.28. The van der Waals surface area contributed by atoms with E-state index in [0.717, 1.165) is 11.1 Å². The van der Waals surface area contributed by atoms with Crippen LogP contribution in [0.15, 0.2) is 36.5 Å². The molecule has 1 atom stereocenters. The van der Waals surface area contributed by atoms with Gasteiger partial charge in [-0.3, -0.25) is 19.2 Å². The van der Waals surface area contributed by atoms with Gasteiger partial charge in [-0.1, -0.05) is 6.07 Å². The van der Waals surface area contributed by atoms with Crippen LogP contribution < -0.4 is 15.4 Å². The van der Waals surface area contributed by atoms with E-state index in [4.69, 9.17) is 4.74 Å². The van der Waals surface area contributed by atoms with Crippen molar-refractivity contribution in [2.45, 2.75) is 25.4 Å². The van der Waals surface area contributed by atoms with E-state index in [9.17, 15) is 19.2 Å². The SMILES string of the molecule is CN1CC[C@H](NC(=O)c2cc(C(=O)NCc3ccc4c(c3)CC(=O)CO4)nc3ccnn23)C1=O. The molecule has 0 radical (unpaired) electrons. The molecule has 2 N–H and O–H groups in total. The number of ketones is 1.